The topological polar surface area (TPSA) is 119 Å². The fourth-order valence-corrected chi connectivity index (χ4v) is 2.74. The summed E-state index contributed by atoms with van der Waals surface area (Å²) in [5.41, 5.74) is 0.309. The summed E-state index contributed by atoms with van der Waals surface area (Å²) in [4.78, 5) is 48.6. The Labute approximate surface area is 153 Å². The molecule has 1 N–H and O–H groups in total. The second-order valence-electron chi connectivity index (χ2n) is 5.70. The molecule has 0 spiro atoms. The number of nitrogens with zero attached hydrogens (tertiary/aromatic N) is 2. The maximum Gasteiger partial charge on any atom is 0.338 e. The van der Waals surface area contributed by atoms with Crippen LogP contribution in [0, 0.1) is 10.1 Å². The van der Waals surface area contributed by atoms with E-state index >= 15 is 0 Å². The molecular formula is C18H15N3O6. The van der Waals surface area contributed by atoms with Gasteiger partial charge in [0, 0.05) is 17.7 Å². The molecule has 0 saturated carbocycles. The zero-order chi connectivity index (χ0) is 19.6. The number of nitro groups is 1. The van der Waals surface area contributed by atoms with Gasteiger partial charge in [0.1, 0.15) is 6.54 Å². The van der Waals surface area contributed by atoms with Crippen molar-refractivity contribution in [3.8, 4) is 0 Å². The highest BCUT2D eigenvalue weighted by Gasteiger charge is 2.29. The number of ether oxygens (including phenoxy) is 1. The molecule has 0 radical (unpaired) electrons. The van der Waals surface area contributed by atoms with E-state index in [0.717, 1.165) is 12.1 Å². The van der Waals surface area contributed by atoms with E-state index in [4.69, 9.17) is 4.74 Å². The number of anilines is 2. The highest BCUT2D eigenvalue weighted by Crippen LogP contribution is 2.31. The summed E-state index contributed by atoms with van der Waals surface area (Å²) in [6.45, 7) is 1.45. The van der Waals surface area contributed by atoms with E-state index in [1.165, 1.54) is 11.0 Å². The Morgan fingerprint density at radius 1 is 1.22 bits per heavy atom. The number of para-hydroxylation sites is 2. The molecule has 9 nitrogen and oxygen atoms in total. The van der Waals surface area contributed by atoms with Gasteiger partial charge in [0.2, 0.25) is 5.91 Å². The summed E-state index contributed by atoms with van der Waals surface area (Å²) in [5, 5.41) is 13.9. The molecule has 1 heterocycles. The summed E-state index contributed by atoms with van der Waals surface area (Å²) >= 11 is 0. The Morgan fingerprint density at radius 3 is 2.63 bits per heavy atom. The summed E-state index contributed by atoms with van der Waals surface area (Å²) in [6, 6.07) is 10.0. The SMILES string of the molecule is CCOC(=O)c1cc(C(=O)N2CC(=O)Nc3ccccc32)cc([N+](=O)[O-])c1. The first-order valence-electron chi connectivity index (χ1n) is 8.08. The highest BCUT2D eigenvalue weighted by molar-refractivity contribution is 6.15. The molecular weight excluding hydrogens is 354 g/mol. The summed E-state index contributed by atoms with van der Waals surface area (Å²) in [5.74, 6) is -1.79. The van der Waals surface area contributed by atoms with Gasteiger partial charge < -0.3 is 10.1 Å². The molecule has 2 aromatic rings. The number of carbonyl (C=O) groups excluding carboxylic acids is 3. The standard InChI is InChI=1S/C18H15N3O6/c1-2-27-18(24)12-7-11(8-13(9-12)21(25)26)17(23)20-10-16(22)19-14-5-3-4-6-15(14)20/h3-9H,2,10H2,1H3,(H,19,22). The Morgan fingerprint density at radius 2 is 1.93 bits per heavy atom. The van der Waals surface area contributed by atoms with Crippen LogP contribution in [-0.2, 0) is 9.53 Å². The number of nitrogens with one attached hydrogen (secondary N) is 1. The normalized spacial score (nSPS) is 12.8. The van der Waals surface area contributed by atoms with Crippen LogP contribution in [0.15, 0.2) is 42.5 Å². The lowest BCUT2D eigenvalue weighted by molar-refractivity contribution is -0.384. The minimum absolute atomic E-state index is 0.0863. The molecule has 0 aromatic heterocycles. The molecule has 1 aliphatic rings. The average molecular weight is 369 g/mol. The number of carbonyl (C=O) groups is 3. The van der Waals surface area contributed by atoms with Crippen molar-refractivity contribution >= 4 is 34.8 Å². The van der Waals surface area contributed by atoms with Crippen molar-refractivity contribution in [2.24, 2.45) is 0 Å². The lowest BCUT2D eigenvalue weighted by Gasteiger charge is -2.29. The van der Waals surface area contributed by atoms with Gasteiger partial charge in [0.05, 0.1) is 28.5 Å². The predicted molar refractivity (Wildman–Crippen MR) is 95.8 cm³/mol. The van der Waals surface area contributed by atoms with Crippen LogP contribution < -0.4 is 10.2 Å². The van der Waals surface area contributed by atoms with Gasteiger partial charge in [0.15, 0.2) is 0 Å². The number of non-ortho nitro benzene ring substituents is 1. The molecule has 0 atom stereocenters. The van der Waals surface area contributed by atoms with Gasteiger partial charge in [-0.25, -0.2) is 4.79 Å². The minimum Gasteiger partial charge on any atom is -0.462 e. The third kappa shape index (κ3) is 3.61. The Hall–Kier alpha value is -3.75. The van der Waals surface area contributed by atoms with Crippen LogP contribution in [-0.4, -0.2) is 35.9 Å². The quantitative estimate of drug-likeness (QED) is 0.502. The maximum absolute atomic E-state index is 13.0. The van der Waals surface area contributed by atoms with Crippen LogP contribution in [0.25, 0.3) is 0 Å². The van der Waals surface area contributed by atoms with E-state index in [0.29, 0.717) is 11.4 Å². The molecule has 2 aromatic carbocycles. The Kier molecular flexibility index (Phi) is 4.84. The molecule has 2 amide bonds. The third-order valence-corrected chi connectivity index (χ3v) is 3.90. The molecule has 0 fully saturated rings. The van der Waals surface area contributed by atoms with Crippen molar-refractivity contribution in [2.75, 3.05) is 23.4 Å². The van der Waals surface area contributed by atoms with E-state index in [1.54, 1.807) is 31.2 Å². The number of amides is 2. The summed E-state index contributed by atoms with van der Waals surface area (Å²) in [6.07, 6.45) is 0. The van der Waals surface area contributed by atoms with Crippen LogP contribution in [0.3, 0.4) is 0 Å². The number of esters is 1. The van der Waals surface area contributed by atoms with Crippen molar-refractivity contribution in [1.29, 1.82) is 0 Å². The molecule has 138 valence electrons. The highest BCUT2D eigenvalue weighted by atomic mass is 16.6. The maximum atomic E-state index is 13.0. The number of hydrogen-bond donors (Lipinski definition) is 1. The molecule has 1 aliphatic heterocycles. The van der Waals surface area contributed by atoms with Crippen LogP contribution in [0.4, 0.5) is 17.1 Å². The zero-order valence-corrected chi connectivity index (χ0v) is 14.3. The predicted octanol–water partition coefficient (Wildman–Crippen LogP) is 2.37. The van der Waals surface area contributed by atoms with Crippen molar-refractivity contribution in [3.05, 3.63) is 63.7 Å². The molecule has 27 heavy (non-hydrogen) atoms. The molecule has 9 heteroatoms. The largest absolute Gasteiger partial charge is 0.462 e. The smallest absolute Gasteiger partial charge is 0.338 e. The number of benzene rings is 2. The van der Waals surface area contributed by atoms with E-state index in [2.05, 4.69) is 5.32 Å². The van der Waals surface area contributed by atoms with Gasteiger partial charge in [-0.05, 0) is 25.1 Å². The second-order valence-corrected chi connectivity index (χ2v) is 5.70. The molecule has 0 aliphatic carbocycles. The molecule has 0 saturated heterocycles. The number of nitro benzene ring substituents is 1. The fraction of sp³-hybridized carbons (Fsp3) is 0.167. The van der Waals surface area contributed by atoms with Gasteiger partial charge in [0.25, 0.3) is 11.6 Å². The van der Waals surface area contributed by atoms with Gasteiger partial charge in [-0.15, -0.1) is 0 Å². The molecule has 3 rings (SSSR count). The number of rotatable bonds is 4. The summed E-state index contributed by atoms with van der Waals surface area (Å²) < 4.78 is 4.87. The van der Waals surface area contributed by atoms with Gasteiger partial charge in [-0.1, -0.05) is 12.1 Å². The van der Waals surface area contributed by atoms with Gasteiger partial charge in [-0.2, -0.15) is 0 Å². The fourth-order valence-electron chi connectivity index (χ4n) is 2.74. The van der Waals surface area contributed by atoms with Crippen molar-refractivity contribution < 1.29 is 24.0 Å². The first-order chi connectivity index (χ1) is 12.9. The lowest BCUT2D eigenvalue weighted by atomic mass is 10.1. The lowest BCUT2D eigenvalue weighted by Crippen LogP contribution is -2.42. The van der Waals surface area contributed by atoms with Crippen molar-refractivity contribution in [2.45, 2.75) is 6.92 Å². The van der Waals surface area contributed by atoms with Gasteiger partial charge in [-0.3, -0.25) is 24.6 Å². The second kappa shape index (κ2) is 7.24. The zero-order valence-electron chi connectivity index (χ0n) is 14.3. The minimum atomic E-state index is -0.771. The number of fused-ring (bicyclic) bond motifs is 1. The first kappa shape index (κ1) is 18.1. The van der Waals surface area contributed by atoms with Crippen LogP contribution in [0.5, 0.6) is 0 Å². The van der Waals surface area contributed by atoms with Crippen LogP contribution in [0.2, 0.25) is 0 Å². The first-order valence-corrected chi connectivity index (χ1v) is 8.08. The monoisotopic (exact) mass is 369 g/mol. The van der Waals surface area contributed by atoms with Crippen LogP contribution in [0.1, 0.15) is 27.6 Å². The van der Waals surface area contributed by atoms with E-state index in [1.807, 2.05) is 0 Å². The third-order valence-electron chi connectivity index (χ3n) is 3.90. The van der Waals surface area contributed by atoms with E-state index in [-0.39, 0.29) is 24.3 Å². The van der Waals surface area contributed by atoms with Crippen molar-refractivity contribution in [1.82, 2.24) is 0 Å². The van der Waals surface area contributed by atoms with Crippen LogP contribution >= 0.6 is 0 Å². The Balaban J connectivity index is 2.05. The average Bonchev–Trinajstić information content (AvgIpc) is 2.66. The van der Waals surface area contributed by atoms with Gasteiger partial charge >= 0.3 is 5.97 Å². The molecule has 0 bridgehead atoms. The summed E-state index contributed by atoms with van der Waals surface area (Å²) in [7, 11) is 0. The number of hydrogen-bond acceptors (Lipinski definition) is 6. The van der Waals surface area contributed by atoms with Crippen molar-refractivity contribution in [3.63, 3.8) is 0 Å². The van der Waals surface area contributed by atoms with E-state index < -0.39 is 28.4 Å². The van der Waals surface area contributed by atoms with E-state index in [9.17, 15) is 24.5 Å². The Bertz CT molecular complexity index is 956. The molecule has 0 unspecified atom stereocenters.